The molecule has 1 nitrogen and oxygen atoms in total. The van der Waals surface area contributed by atoms with E-state index in [1.807, 2.05) is 0 Å². The number of rotatable bonds is 7. The van der Waals surface area contributed by atoms with Crippen LogP contribution in [-0.2, 0) is 5.41 Å². The molecule has 4 aliphatic rings. The number of hydrogen-bond acceptors (Lipinski definition) is 1. The third-order valence-corrected chi connectivity index (χ3v) is 13.8. The van der Waals surface area contributed by atoms with Crippen LogP contribution in [0.4, 0.5) is 17.1 Å². The predicted molar refractivity (Wildman–Crippen MR) is 224 cm³/mol. The van der Waals surface area contributed by atoms with Gasteiger partial charge < -0.3 is 4.90 Å². The smallest absolute Gasteiger partial charge is 0.0543 e. The molecule has 0 spiro atoms. The van der Waals surface area contributed by atoms with E-state index >= 15 is 0 Å². The number of fused-ring (bicyclic) bond motifs is 5. The van der Waals surface area contributed by atoms with Gasteiger partial charge in [-0.2, -0.15) is 0 Å². The largest absolute Gasteiger partial charge is 0.310 e. The summed E-state index contributed by atoms with van der Waals surface area (Å²) in [6, 6.07) is 53.5. The van der Waals surface area contributed by atoms with Crippen molar-refractivity contribution in [1.82, 2.24) is 0 Å². The van der Waals surface area contributed by atoms with Crippen molar-refractivity contribution in [3.63, 3.8) is 0 Å². The summed E-state index contributed by atoms with van der Waals surface area (Å²) in [4.78, 5) is 2.65. The summed E-state index contributed by atoms with van der Waals surface area (Å²) in [7, 11) is 0. The Kier molecular flexibility index (Phi) is 8.16. The highest BCUT2D eigenvalue weighted by Crippen LogP contribution is 2.56. The average molecular weight is 690 g/mol. The molecule has 3 unspecified atom stereocenters. The number of benzene rings is 6. The Labute approximate surface area is 316 Å². The monoisotopic (exact) mass is 689 g/mol. The number of para-hydroxylation sites is 1. The maximum Gasteiger partial charge on any atom is 0.0543 e. The van der Waals surface area contributed by atoms with Crippen molar-refractivity contribution >= 4 is 17.1 Å². The highest BCUT2D eigenvalue weighted by Gasteiger charge is 2.40. The molecule has 0 N–H and O–H groups in total. The third kappa shape index (κ3) is 5.67. The Morgan fingerprint density at radius 2 is 1.21 bits per heavy atom. The Hall–Kier alpha value is -4.88. The summed E-state index contributed by atoms with van der Waals surface area (Å²) in [6.07, 6.45) is 12.2. The predicted octanol–water partition coefficient (Wildman–Crippen LogP) is 14.7. The molecule has 10 rings (SSSR count). The second-order valence-electron chi connectivity index (χ2n) is 17.1. The lowest BCUT2D eigenvalue weighted by Crippen LogP contribution is -2.19. The van der Waals surface area contributed by atoms with Gasteiger partial charge in [0.1, 0.15) is 0 Å². The van der Waals surface area contributed by atoms with Crippen molar-refractivity contribution in [2.45, 2.75) is 88.9 Å². The lowest BCUT2D eigenvalue weighted by Gasteiger charge is -2.34. The minimum absolute atomic E-state index is 0.101. The van der Waals surface area contributed by atoms with E-state index < -0.39 is 0 Å². The van der Waals surface area contributed by atoms with E-state index in [1.54, 1.807) is 5.56 Å². The fraction of sp³-hybridized carbons (Fsp3) is 0.308. The number of hydrogen-bond donors (Lipinski definition) is 0. The molecule has 0 aromatic heterocycles. The zero-order chi connectivity index (χ0) is 35.5. The van der Waals surface area contributed by atoms with Crippen molar-refractivity contribution in [3.05, 3.63) is 162 Å². The first-order chi connectivity index (χ1) is 26.0. The van der Waals surface area contributed by atoms with E-state index in [-0.39, 0.29) is 5.41 Å². The van der Waals surface area contributed by atoms with Gasteiger partial charge in [-0.1, -0.05) is 149 Å². The Balaban J connectivity index is 1.18. The van der Waals surface area contributed by atoms with Gasteiger partial charge in [0, 0.05) is 22.4 Å². The van der Waals surface area contributed by atoms with Crippen molar-refractivity contribution in [1.29, 1.82) is 0 Å². The lowest BCUT2D eigenvalue weighted by atomic mass is 9.81. The standard InChI is InChI=1S/C52H51N/c1-52(2)48-19-11-9-18-44(48)47-33-46(40-25-23-37(24-26-40)36-13-5-3-6-14-36)51(34-49(47)52)53(50-20-12-10-17-43(50)38-15-7-4-8-16-38)42-29-27-39(28-30-42)45-32-35-21-22-41(45)31-35/h3,5-6,9-14,17-20,23-30,33-35,38,41,45H,4,7-8,15-16,21-22,31-32H2,1-2H3. The van der Waals surface area contributed by atoms with Gasteiger partial charge in [0.2, 0.25) is 0 Å². The van der Waals surface area contributed by atoms with Crippen LogP contribution in [0.2, 0.25) is 0 Å². The molecule has 0 saturated heterocycles. The van der Waals surface area contributed by atoms with Gasteiger partial charge in [-0.15, -0.1) is 0 Å². The molecule has 3 saturated carbocycles. The molecule has 6 aromatic rings. The minimum atomic E-state index is -0.101. The minimum Gasteiger partial charge on any atom is -0.310 e. The first-order valence-electron chi connectivity index (χ1n) is 20.5. The first-order valence-corrected chi connectivity index (χ1v) is 20.5. The van der Waals surface area contributed by atoms with Crippen LogP contribution in [0.15, 0.2) is 140 Å². The lowest BCUT2D eigenvalue weighted by molar-refractivity contribution is 0.420. The van der Waals surface area contributed by atoms with Gasteiger partial charge >= 0.3 is 0 Å². The fourth-order valence-electron chi connectivity index (χ4n) is 11.0. The van der Waals surface area contributed by atoms with E-state index in [0.29, 0.717) is 5.92 Å². The summed E-state index contributed by atoms with van der Waals surface area (Å²) in [5.41, 5.74) is 17.4. The Morgan fingerprint density at radius 3 is 1.96 bits per heavy atom. The van der Waals surface area contributed by atoms with Crippen LogP contribution < -0.4 is 4.90 Å². The topological polar surface area (TPSA) is 3.24 Å². The molecule has 0 radical (unpaired) electrons. The molecule has 53 heavy (non-hydrogen) atoms. The zero-order valence-corrected chi connectivity index (χ0v) is 31.4. The molecular weight excluding hydrogens is 639 g/mol. The van der Waals surface area contributed by atoms with E-state index in [1.165, 1.54) is 125 Å². The van der Waals surface area contributed by atoms with Gasteiger partial charge in [-0.05, 0) is 136 Å². The van der Waals surface area contributed by atoms with Crippen molar-refractivity contribution in [2.24, 2.45) is 11.8 Å². The molecule has 3 fully saturated rings. The molecule has 264 valence electrons. The van der Waals surface area contributed by atoms with E-state index in [0.717, 1.165) is 17.8 Å². The van der Waals surface area contributed by atoms with Gasteiger partial charge in [0.05, 0.1) is 5.69 Å². The van der Waals surface area contributed by atoms with Crippen LogP contribution in [0.3, 0.4) is 0 Å². The van der Waals surface area contributed by atoms with Crippen LogP contribution in [0.25, 0.3) is 33.4 Å². The maximum absolute atomic E-state index is 2.65. The van der Waals surface area contributed by atoms with Crippen molar-refractivity contribution in [3.8, 4) is 33.4 Å². The van der Waals surface area contributed by atoms with E-state index in [9.17, 15) is 0 Å². The quantitative estimate of drug-likeness (QED) is 0.161. The first kappa shape index (κ1) is 32.7. The van der Waals surface area contributed by atoms with Gasteiger partial charge in [0.15, 0.2) is 0 Å². The van der Waals surface area contributed by atoms with Gasteiger partial charge in [-0.3, -0.25) is 0 Å². The fourth-order valence-corrected chi connectivity index (χ4v) is 11.0. The van der Waals surface area contributed by atoms with E-state index in [2.05, 4.69) is 158 Å². The van der Waals surface area contributed by atoms with Crippen LogP contribution in [0, 0.1) is 11.8 Å². The Morgan fingerprint density at radius 1 is 0.509 bits per heavy atom. The third-order valence-electron chi connectivity index (χ3n) is 13.8. The van der Waals surface area contributed by atoms with Crippen LogP contribution in [-0.4, -0.2) is 0 Å². The Bertz CT molecular complexity index is 2250. The molecule has 0 heterocycles. The molecule has 0 aliphatic heterocycles. The SMILES string of the molecule is CC1(C)c2ccccc2-c2cc(-c3ccc(-c4ccccc4)cc3)c(N(c3ccc(C4CC5CCC4C5)cc3)c3ccccc3C3CCCCC3)cc21. The summed E-state index contributed by atoms with van der Waals surface area (Å²) in [5, 5.41) is 0. The van der Waals surface area contributed by atoms with Crippen LogP contribution in [0.5, 0.6) is 0 Å². The maximum atomic E-state index is 2.65. The molecule has 0 amide bonds. The van der Waals surface area contributed by atoms with Crippen LogP contribution in [0.1, 0.15) is 106 Å². The average Bonchev–Trinajstić information content (AvgIpc) is 3.92. The molecular formula is C52H51N. The highest BCUT2D eigenvalue weighted by molar-refractivity contribution is 5.95. The second-order valence-corrected chi connectivity index (χ2v) is 17.1. The van der Waals surface area contributed by atoms with E-state index in [4.69, 9.17) is 0 Å². The zero-order valence-electron chi connectivity index (χ0n) is 31.4. The number of anilines is 3. The summed E-state index contributed by atoms with van der Waals surface area (Å²) >= 11 is 0. The van der Waals surface area contributed by atoms with Crippen molar-refractivity contribution in [2.75, 3.05) is 4.90 Å². The summed E-state index contributed by atoms with van der Waals surface area (Å²) in [5.74, 6) is 3.13. The van der Waals surface area contributed by atoms with Crippen LogP contribution >= 0.6 is 0 Å². The molecule has 6 aromatic carbocycles. The van der Waals surface area contributed by atoms with Crippen molar-refractivity contribution < 1.29 is 0 Å². The summed E-state index contributed by atoms with van der Waals surface area (Å²) in [6.45, 7) is 4.83. The second kappa shape index (κ2) is 13.2. The molecule has 1 heteroatoms. The van der Waals surface area contributed by atoms with Gasteiger partial charge in [0.25, 0.3) is 0 Å². The normalized spacial score (nSPS) is 21.4. The number of nitrogens with zero attached hydrogens (tertiary/aromatic N) is 1. The molecule has 3 atom stereocenters. The highest BCUT2D eigenvalue weighted by atomic mass is 15.1. The van der Waals surface area contributed by atoms with Gasteiger partial charge in [-0.25, -0.2) is 0 Å². The molecule has 4 aliphatic carbocycles. The molecule has 2 bridgehead atoms. The summed E-state index contributed by atoms with van der Waals surface area (Å²) < 4.78 is 0.